The molecule has 166 valence electrons. The largest absolute Gasteiger partial charge is 0.445 e. The molecule has 1 aromatic carbocycles. The van der Waals surface area contributed by atoms with E-state index in [1.165, 1.54) is 12.3 Å². The molecular formula is C18H18BrF3N6O3. The Bertz CT molecular complexity index is 1000. The molecule has 0 saturated carbocycles. The minimum absolute atomic E-state index is 0.0439. The summed E-state index contributed by atoms with van der Waals surface area (Å²) < 4.78 is 44.6. The van der Waals surface area contributed by atoms with Crippen molar-refractivity contribution in [1.29, 1.82) is 0 Å². The Kier molecular flexibility index (Phi) is 6.53. The van der Waals surface area contributed by atoms with Gasteiger partial charge in [0.25, 0.3) is 5.91 Å². The fourth-order valence-corrected chi connectivity index (χ4v) is 3.64. The summed E-state index contributed by atoms with van der Waals surface area (Å²) in [5, 5.41) is 2.72. The van der Waals surface area contributed by atoms with Gasteiger partial charge in [-0.1, -0.05) is 15.9 Å². The Morgan fingerprint density at radius 2 is 2.00 bits per heavy atom. The summed E-state index contributed by atoms with van der Waals surface area (Å²) in [6, 6.07) is 3.21. The van der Waals surface area contributed by atoms with Gasteiger partial charge in [0.15, 0.2) is 0 Å². The standard InChI is InChI=1S/C18H18BrF3N6O3/c19-10-4-9(18(20,21)22)5-11(6-10)26-15-13(14(23)29)7-25-17(27-15)28-3-1-2-12(8-28)31-16(24)30/h4-7,12H,1-3,8H2,(H2,23,29)(H2,24,30)(H,25,26,27)/t12-/m0/s1. The summed E-state index contributed by atoms with van der Waals surface area (Å²) in [6.45, 7) is 0.816. The second-order valence-corrected chi connectivity index (χ2v) is 7.71. The molecule has 1 aromatic heterocycles. The lowest BCUT2D eigenvalue weighted by Crippen LogP contribution is -2.42. The number of hydrogen-bond donors (Lipinski definition) is 3. The van der Waals surface area contributed by atoms with Crippen LogP contribution >= 0.6 is 15.9 Å². The molecule has 2 heterocycles. The number of amides is 2. The highest BCUT2D eigenvalue weighted by molar-refractivity contribution is 9.10. The number of piperidine rings is 1. The van der Waals surface area contributed by atoms with Crippen molar-refractivity contribution in [3.63, 3.8) is 0 Å². The van der Waals surface area contributed by atoms with Crippen molar-refractivity contribution in [1.82, 2.24) is 9.97 Å². The molecule has 0 aliphatic carbocycles. The highest BCUT2D eigenvalue weighted by atomic mass is 79.9. The van der Waals surface area contributed by atoms with Gasteiger partial charge in [0.05, 0.1) is 12.1 Å². The van der Waals surface area contributed by atoms with Crippen LogP contribution in [0.2, 0.25) is 0 Å². The van der Waals surface area contributed by atoms with Crippen LogP contribution in [0.3, 0.4) is 0 Å². The predicted molar refractivity (Wildman–Crippen MR) is 109 cm³/mol. The molecule has 2 aromatic rings. The molecule has 1 aliphatic heterocycles. The van der Waals surface area contributed by atoms with Crippen molar-refractivity contribution in [3.8, 4) is 0 Å². The number of alkyl halides is 3. The number of rotatable bonds is 5. The van der Waals surface area contributed by atoms with E-state index >= 15 is 0 Å². The van der Waals surface area contributed by atoms with E-state index in [0.29, 0.717) is 19.4 Å². The van der Waals surface area contributed by atoms with E-state index in [4.69, 9.17) is 16.2 Å². The Morgan fingerprint density at radius 1 is 1.26 bits per heavy atom. The monoisotopic (exact) mass is 502 g/mol. The molecule has 1 fully saturated rings. The number of anilines is 3. The Morgan fingerprint density at radius 3 is 2.65 bits per heavy atom. The van der Waals surface area contributed by atoms with Crippen LogP contribution in [0, 0.1) is 0 Å². The van der Waals surface area contributed by atoms with Gasteiger partial charge in [0.2, 0.25) is 5.95 Å². The summed E-state index contributed by atoms with van der Waals surface area (Å²) in [7, 11) is 0. The van der Waals surface area contributed by atoms with Crippen LogP contribution in [0.25, 0.3) is 0 Å². The van der Waals surface area contributed by atoms with Crippen LogP contribution in [0.15, 0.2) is 28.9 Å². The molecule has 1 aliphatic rings. The number of ether oxygens (including phenoxy) is 1. The third-order valence-corrected chi connectivity index (χ3v) is 4.93. The number of halogens is 4. The van der Waals surface area contributed by atoms with Gasteiger partial charge in [-0.2, -0.15) is 18.2 Å². The number of benzene rings is 1. The van der Waals surface area contributed by atoms with Gasteiger partial charge in [-0.05, 0) is 31.0 Å². The van der Waals surface area contributed by atoms with Crippen molar-refractivity contribution < 1.29 is 27.5 Å². The molecule has 31 heavy (non-hydrogen) atoms. The quantitative estimate of drug-likeness (QED) is 0.570. The van der Waals surface area contributed by atoms with Gasteiger partial charge in [-0.25, -0.2) is 9.78 Å². The van der Waals surface area contributed by atoms with E-state index in [0.717, 1.165) is 12.1 Å². The first kappa shape index (κ1) is 22.6. The van der Waals surface area contributed by atoms with Crippen molar-refractivity contribution in [2.24, 2.45) is 11.5 Å². The van der Waals surface area contributed by atoms with Crippen LogP contribution in [0.1, 0.15) is 28.8 Å². The molecule has 0 spiro atoms. The van der Waals surface area contributed by atoms with Gasteiger partial charge in [0, 0.05) is 22.9 Å². The zero-order valence-electron chi connectivity index (χ0n) is 15.9. The minimum atomic E-state index is -4.56. The van der Waals surface area contributed by atoms with E-state index in [1.807, 2.05) is 0 Å². The molecule has 0 bridgehead atoms. The molecule has 0 radical (unpaired) electrons. The maximum Gasteiger partial charge on any atom is 0.416 e. The van der Waals surface area contributed by atoms with Gasteiger partial charge in [-0.15, -0.1) is 0 Å². The SMILES string of the molecule is NC(=O)O[C@H]1CCCN(c2ncc(C(N)=O)c(Nc3cc(Br)cc(C(F)(F)F)c3)n2)C1. The van der Waals surface area contributed by atoms with Crippen LogP contribution in [0.5, 0.6) is 0 Å². The molecule has 2 amide bonds. The number of carbonyl (C=O) groups excluding carboxylic acids is 2. The van der Waals surface area contributed by atoms with E-state index in [-0.39, 0.29) is 34.0 Å². The Labute approximate surface area is 183 Å². The highest BCUT2D eigenvalue weighted by Gasteiger charge is 2.31. The lowest BCUT2D eigenvalue weighted by molar-refractivity contribution is -0.137. The van der Waals surface area contributed by atoms with Crippen LogP contribution in [-0.4, -0.2) is 41.2 Å². The zero-order valence-corrected chi connectivity index (χ0v) is 17.5. The molecule has 5 N–H and O–H groups in total. The second-order valence-electron chi connectivity index (χ2n) is 6.80. The maximum absolute atomic E-state index is 13.1. The van der Waals surface area contributed by atoms with Crippen molar-refractivity contribution in [2.75, 3.05) is 23.3 Å². The number of nitrogens with two attached hydrogens (primary N) is 2. The topological polar surface area (TPSA) is 136 Å². The third kappa shape index (κ3) is 5.75. The molecular weight excluding hydrogens is 485 g/mol. The first-order valence-corrected chi connectivity index (χ1v) is 9.85. The number of carbonyl (C=O) groups is 2. The van der Waals surface area contributed by atoms with Crippen molar-refractivity contribution in [2.45, 2.75) is 25.1 Å². The summed E-state index contributed by atoms with van der Waals surface area (Å²) in [4.78, 5) is 32.9. The fourth-order valence-electron chi connectivity index (χ4n) is 3.14. The highest BCUT2D eigenvalue weighted by Crippen LogP contribution is 2.34. The molecule has 1 saturated heterocycles. The summed E-state index contributed by atoms with van der Waals surface area (Å²) >= 11 is 3.05. The van der Waals surface area contributed by atoms with Gasteiger partial charge >= 0.3 is 12.3 Å². The Hall–Kier alpha value is -3.09. The third-order valence-electron chi connectivity index (χ3n) is 4.47. The smallest absolute Gasteiger partial charge is 0.416 e. The summed E-state index contributed by atoms with van der Waals surface area (Å²) in [5.74, 6) is -0.716. The molecule has 13 heteroatoms. The summed E-state index contributed by atoms with van der Waals surface area (Å²) in [5.41, 5.74) is 9.50. The van der Waals surface area contributed by atoms with Crippen LogP contribution in [0.4, 0.5) is 35.4 Å². The van der Waals surface area contributed by atoms with Crippen LogP contribution < -0.4 is 21.7 Å². The lowest BCUT2D eigenvalue weighted by atomic mass is 10.1. The maximum atomic E-state index is 13.1. The number of aromatic nitrogens is 2. The van der Waals surface area contributed by atoms with Gasteiger partial charge < -0.3 is 26.4 Å². The Balaban J connectivity index is 1.92. The first-order valence-electron chi connectivity index (χ1n) is 9.05. The first-order chi connectivity index (χ1) is 14.5. The van der Waals surface area contributed by atoms with Crippen molar-refractivity contribution in [3.05, 3.63) is 40.0 Å². The number of primary amides is 2. The minimum Gasteiger partial charge on any atom is -0.445 e. The van der Waals surface area contributed by atoms with Crippen LogP contribution in [-0.2, 0) is 10.9 Å². The van der Waals surface area contributed by atoms with E-state index in [1.54, 1.807) is 4.90 Å². The molecule has 9 nitrogen and oxygen atoms in total. The average Bonchev–Trinajstić information content (AvgIpc) is 2.66. The van der Waals surface area contributed by atoms with E-state index < -0.39 is 29.8 Å². The molecule has 3 rings (SSSR count). The van der Waals surface area contributed by atoms with Gasteiger partial charge in [0.1, 0.15) is 17.5 Å². The summed E-state index contributed by atoms with van der Waals surface area (Å²) in [6.07, 6.45) is -3.44. The normalized spacial score (nSPS) is 16.6. The lowest BCUT2D eigenvalue weighted by Gasteiger charge is -2.32. The van der Waals surface area contributed by atoms with E-state index in [9.17, 15) is 22.8 Å². The average molecular weight is 503 g/mol. The predicted octanol–water partition coefficient (Wildman–Crippen LogP) is 3.16. The molecule has 1 atom stereocenters. The number of hydrogen-bond acceptors (Lipinski definition) is 7. The number of nitrogens with one attached hydrogen (secondary N) is 1. The zero-order chi connectivity index (χ0) is 22.8. The van der Waals surface area contributed by atoms with E-state index in [2.05, 4.69) is 31.2 Å². The fraction of sp³-hybridized carbons (Fsp3) is 0.333. The van der Waals surface area contributed by atoms with Crippen molar-refractivity contribution >= 4 is 45.4 Å². The molecule has 0 unspecified atom stereocenters. The van der Waals surface area contributed by atoms with Gasteiger partial charge in [-0.3, -0.25) is 4.79 Å². The number of nitrogens with zero attached hydrogens (tertiary/aromatic N) is 3. The second kappa shape index (κ2) is 8.96.